The summed E-state index contributed by atoms with van der Waals surface area (Å²) in [5, 5.41) is 0. The van der Waals surface area contributed by atoms with Gasteiger partial charge in [0.25, 0.3) is 0 Å². The molecule has 0 aliphatic rings. The maximum Gasteiger partial charge on any atom is 0.115 e. The molecule has 6 heavy (non-hydrogen) atoms. The minimum atomic E-state index is 0. The highest BCUT2D eigenvalue weighted by Crippen LogP contribution is 1.66. The van der Waals surface area contributed by atoms with E-state index in [1.54, 1.807) is 18.5 Å². The molecule has 0 unspecified atom stereocenters. The van der Waals surface area contributed by atoms with Crippen LogP contribution in [0, 0.1) is 0 Å². The Morgan fingerprint density at radius 3 is 2.00 bits per heavy atom. The average molecular weight is 82.1 g/mol. The lowest BCUT2D eigenvalue weighted by Gasteiger charge is -1.70. The standard InChI is InChI=1S/C4H4N2.H2/c1-2-5-4-6-3-1;/h1-4H;1H. The second-order valence-corrected chi connectivity index (χ2v) is 0.904. The normalized spacial score (nSPS) is 8.00. The summed E-state index contributed by atoms with van der Waals surface area (Å²) >= 11 is 0. The van der Waals surface area contributed by atoms with Crippen LogP contribution in [0.25, 0.3) is 0 Å². The van der Waals surface area contributed by atoms with E-state index in [0.717, 1.165) is 0 Å². The van der Waals surface area contributed by atoms with Crippen LogP contribution in [0.1, 0.15) is 1.43 Å². The summed E-state index contributed by atoms with van der Waals surface area (Å²) in [4.78, 5) is 7.35. The lowest BCUT2D eigenvalue weighted by atomic mass is 10.7. The van der Waals surface area contributed by atoms with E-state index in [-0.39, 0.29) is 1.43 Å². The van der Waals surface area contributed by atoms with Crippen LogP contribution in [-0.4, -0.2) is 9.97 Å². The highest BCUT2D eigenvalue weighted by atomic mass is 14.8. The molecule has 0 aliphatic carbocycles. The Kier molecular flexibility index (Phi) is 0.819. The first-order valence-electron chi connectivity index (χ1n) is 1.70. The van der Waals surface area contributed by atoms with Crippen LogP contribution in [-0.2, 0) is 0 Å². The Morgan fingerprint density at radius 2 is 1.83 bits per heavy atom. The second kappa shape index (κ2) is 1.50. The van der Waals surface area contributed by atoms with Gasteiger partial charge >= 0.3 is 0 Å². The monoisotopic (exact) mass is 82.1 g/mol. The molecule has 0 saturated heterocycles. The Balaban J connectivity index is 0.000000360. The summed E-state index contributed by atoms with van der Waals surface area (Å²) in [5.41, 5.74) is 0. The average Bonchev–Trinajstić information content (AvgIpc) is 1.72. The minimum absolute atomic E-state index is 0. The fourth-order valence-corrected chi connectivity index (χ4v) is 0.253. The summed E-state index contributed by atoms with van der Waals surface area (Å²) in [6, 6.07) is 1.78. The van der Waals surface area contributed by atoms with Crippen LogP contribution in [0.2, 0.25) is 0 Å². The van der Waals surface area contributed by atoms with Crippen molar-refractivity contribution in [1.82, 2.24) is 9.97 Å². The van der Waals surface area contributed by atoms with E-state index < -0.39 is 0 Å². The molecule has 0 saturated carbocycles. The van der Waals surface area contributed by atoms with Crippen molar-refractivity contribution in [3.63, 3.8) is 0 Å². The van der Waals surface area contributed by atoms with E-state index in [0.29, 0.717) is 0 Å². The maximum atomic E-state index is 3.67. The smallest absolute Gasteiger partial charge is 0.115 e. The zero-order valence-electron chi connectivity index (χ0n) is 3.20. The van der Waals surface area contributed by atoms with Gasteiger partial charge in [0.1, 0.15) is 6.33 Å². The van der Waals surface area contributed by atoms with Crippen molar-refractivity contribution in [3.8, 4) is 0 Å². The summed E-state index contributed by atoms with van der Waals surface area (Å²) in [6.07, 6.45) is 4.88. The van der Waals surface area contributed by atoms with Crippen LogP contribution in [0.15, 0.2) is 24.8 Å². The van der Waals surface area contributed by atoms with Gasteiger partial charge < -0.3 is 0 Å². The van der Waals surface area contributed by atoms with Gasteiger partial charge in [-0.15, -0.1) is 0 Å². The fourth-order valence-electron chi connectivity index (χ4n) is 0.253. The van der Waals surface area contributed by atoms with E-state index in [2.05, 4.69) is 9.97 Å². The molecule has 1 aromatic heterocycles. The van der Waals surface area contributed by atoms with Crippen molar-refractivity contribution >= 4 is 0 Å². The Hall–Kier alpha value is -0.920. The molecule has 0 atom stereocenters. The largest absolute Gasteiger partial charge is 0.245 e. The number of hydrogen-bond acceptors (Lipinski definition) is 2. The Labute approximate surface area is 37.4 Å². The zero-order valence-corrected chi connectivity index (χ0v) is 3.20. The third kappa shape index (κ3) is 0.516. The topological polar surface area (TPSA) is 25.8 Å². The number of aromatic nitrogens is 2. The van der Waals surface area contributed by atoms with Gasteiger partial charge in [0.2, 0.25) is 0 Å². The molecule has 32 valence electrons. The van der Waals surface area contributed by atoms with E-state index in [4.69, 9.17) is 0 Å². The van der Waals surface area contributed by atoms with Gasteiger partial charge in [0.05, 0.1) is 0 Å². The molecule has 2 nitrogen and oxygen atoms in total. The predicted octanol–water partition coefficient (Wildman–Crippen LogP) is 0.723. The maximum absolute atomic E-state index is 3.67. The van der Waals surface area contributed by atoms with Gasteiger partial charge in [-0.25, -0.2) is 9.97 Å². The summed E-state index contributed by atoms with van der Waals surface area (Å²) < 4.78 is 0. The van der Waals surface area contributed by atoms with Crippen molar-refractivity contribution in [3.05, 3.63) is 24.8 Å². The fraction of sp³-hybridized carbons (Fsp3) is 0. The number of hydrogen-bond donors (Lipinski definition) is 0. The molecule has 0 fully saturated rings. The summed E-state index contributed by atoms with van der Waals surface area (Å²) in [5.74, 6) is 0. The molecular weight excluding hydrogens is 76.1 g/mol. The number of rotatable bonds is 0. The molecule has 1 rings (SSSR count). The Bertz CT molecular complexity index is 81.6. The quantitative estimate of drug-likeness (QED) is 0.461. The molecule has 0 aliphatic heterocycles. The number of nitrogens with zero attached hydrogens (tertiary/aromatic N) is 2. The van der Waals surface area contributed by atoms with E-state index >= 15 is 0 Å². The lowest BCUT2D eigenvalue weighted by Crippen LogP contribution is -1.66. The molecule has 1 aromatic rings. The summed E-state index contributed by atoms with van der Waals surface area (Å²) in [6.45, 7) is 0. The van der Waals surface area contributed by atoms with Gasteiger partial charge in [0.15, 0.2) is 0 Å². The van der Waals surface area contributed by atoms with Crippen LogP contribution >= 0.6 is 0 Å². The van der Waals surface area contributed by atoms with E-state index in [9.17, 15) is 0 Å². The van der Waals surface area contributed by atoms with Crippen molar-refractivity contribution in [2.75, 3.05) is 0 Å². The first-order valence-corrected chi connectivity index (χ1v) is 1.70. The third-order valence-electron chi connectivity index (χ3n) is 0.478. The summed E-state index contributed by atoms with van der Waals surface area (Å²) in [7, 11) is 0. The third-order valence-corrected chi connectivity index (χ3v) is 0.478. The molecule has 0 aromatic carbocycles. The van der Waals surface area contributed by atoms with Crippen LogP contribution < -0.4 is 0 Å². The molecular formula is C4H6N2. The predicted molar refractivity (Wildman–Crippen MR) is 24.1 cm³/mol. The molecule has 0 N–H and O–H groups in total. The first-order chi connectivity index (χ1) is 3.00. The molecule has 0 spiro atoms. The Morgan fingerprint density at radius 1 is 1.17 bits per heavy atom. The SMILES string of the molecule is [HH].c1cncnc1. The van der Waals surface area contributed by atoms with Crippen LogP contribution in [0.4, 0.5) is 0 Å². The highest BCUT2D eigenvalue weighted by molar-refractivity contribution is 4.74. The molecule has 2 heteroatoms. The molecule has 0 radical (unpaired) electrons. The van der Waals surface area contributed by atoms with Crippen molar-refractivity contribution in [2.24, 2.45) is 0 Å². The van der Waals surface area contributed by atoms with E-state index in [1.165, 1.54) is 6.33 Å². The molecule has 1 heterocycles. The second-order valence-electron chi connectivity index (χ2n) is 0.904. The van der Waals surface area contributed by atoms with Crippen molar-refractivity contribution in [1.29, 1.82) is 0 Å². The van der Waals surface area contributed by atoms with Gasteiger partial charge in [-0.05, 0) is 6.07 Å². The van der Waals surface area contributed by atoms with Gasteiger partial charge in [-0.3, -0.25) is 0 Å². The zero-order chi connectivity index (χ0) is 4.24. The van der Waals surface area contributed by atoms with Crippen LogP contribution in [0.3, 0.4) is 0 Å². The first kappa shape index (κ1) is 3.28. The van der Waals surface area contributed by atoms with Crippen molar-refractivity contribution < 1.29 is 1.43 Å². The highest BCUT2D eigenvalue weighted by Gasteiger charge is 1.59. The molecule has 0 bridgehead atoms. The van der Waals surface area contributed by atoms with Gasteiger partial charge in [0, 0.05) is 13.8 Å². The van der Waals surface area contributed by atoms with Gasteiger partial charge in [-0.1, -0.05) is 0 Å². The van der Waals surface area contributed by atoms with Gasteiger partial charge in [-0.2, -0.15) is 0 Å². The minimum Gasteiger partial charge on any atom is -0.245 e. The lowest BCUT2D eigenvalue weighted by molar-refractivity contribution is 1.17. The van der Waals surface area contributed by atoms with Crippen molar-refractivity contribution in [2.45, 2.75) is 0 Å². The van der Waals surface area contributed by atoms with E-state index in [1.807, 2.05) is 0 Å². The molecule has 0 amide bonds. The van der Waals surface area contributed by atoms with Crippen LogP contribution in [0.5, 0.6) is 0 Å².